The van der Waals surface area contributed by atoms with E-state index in [0.717, 1.165) is 28.2 Å². The minimum atomic E-state index is -4.41. The zero-order valence-electron chi connectivity index (χ0n) is 21.4. The molecule has 0 fully saturated rings. The molecule has 6 nitrogen and oxygen atoms in total. The molecular weight excluding hydrogens is 467 g/mol. The lowest BCUT2D eigenvalue weighted by Crippen LogP contribution is -2.48. The fourth-order valence-corrected chi connectivity index (χ4v) is 4.84. The average Bonchev–Trinajstić information content (AvgIpc) is 2.79. The topological polar surface area (TPSA) is 63.4 Å². The first kappa shape index (κ1) is 25.6. The molecule has 1 aliphatic heterocycles. The Balaban J connectivity index is 1.82. The molecule has 9 heteroatoms. The summed E-state index contributed by atoms with van der Waals surface area (Å²) in [5.74, 6) is 0.742. The van der Waals surface area contributed by atoms with E-state index in [1.807, 2.05) is 43.4 Å². The monoisotopic (exact) mass is 497 g/mol. The van der Waals surface area contributed by atoms with Crippen molar-refractivity contribution in [2.45, 2.75) is 59.3 Å². The maximum Gasteiger partial charge on any atom is 0.416 e. The van der Waals surface area contributed by atoms with Gasteiger partial charge < -0.3 is 9.47 Å². The summed E-state index contributed by atoms with van der Waals surface area (Å²) in [5.41, 5.74) is 2.67. The second-order valence-corrected chi connectivity index (χ2v) is 9.78. The summed E-state index contributed by atoms with van der Waals surface area (Å²) >= 11 is 0. The van der Waals surface area contributed by atoms with Crippen molar-refractivity contribution in [3.8, 4) is 0 Å². The van der Waals surface area contributed by atoms with Crippen molar-refractivity contribution in [1.82, 2.24) is 19.4 Å². The maximum atomic E-state index is 13.4. The fourth-order valence-electron chi connectivity index (χ4n) is 4.84. The van der Waals surface area contributed by atoms with Crippen LogP contribution in [0.3, 0.4) is 0 Å². The molecule has 2 aromatic heterocycles. The molecule has 1 amide bonds. The molecule has 0 spiro atoms. The molecular formula is C27H30F3N5O. The minimum Gasteiger partial charge on any atom is -0.334 e. The summed E-state index contributed by atoms with van der Waals surface area (Å²) in [6.45, 7) is 9.56. The highest BCUT2D eigenvalue weighted by Gasteiger charge is 2.33. The Morgan fingerprint density at radius 2 is 1.94 bits per heavy atom. The number of amides is 1. The Morgan fingerprint density at radius 1 is 1.22 bits per heavy atom. The third-order valence-electron chi connectivity index (χ3n) is 6.93. The van der Waals surface area contributed by atoms with Gasteiger partial charge >= 0.3 is 6.18 Å². The maximum absolute atomic E-state index is 13.4. The van der Waals surface area contributed by atoms with Crippen molar-refractivity contribution in [3.63, 3.8) is 0 Å². The lowest BCUT2D eigenvalue weighted by Gasteiger charge is -2.40. The first-order valence-corrected chi connectivity index (χ1v) is 11.8. The number of nitrogens with zero attached hydrogens (tertiary/aromatic N) is 5. The molecule has 0 radical (unpaired) electrons. The van der Waals surface area contributed by atoms with Crippen LogP contribution in [0.5, 0.6) is 0 Å². The molecule has 0 aliphatic carbocycles. The van der Waals surface area contributed by atoms with Crippen molar-refractivity contribution in [3.05, 3.63) is 70.2 Å². The molecule has 1 aromatic carbocycles. The van der Waals surface area contributed by atoms with Crippen LogP contribution in [-0.4, -0.2) is 37.4 Å². The van der Waals surface area contributed by atoms with Crippen LogP contribution in [0.1, 0.15) is 55.4 Å². The molecule has 190 valence electrons. The fraction of sp³-hybridized carbons (Fsp3) is 0.407. The molecule has 0 unspecified atom stereocenters. The number of rotatable bonds is 3. The predicted octanol–water partition coefficient (Wildman–Crippen LogP) is 5.12. The van der Waals surface area contributed by atoms with Crippen molar-refractivity contribution in [2.24, 2.45) is 12.0 Å². The van der Waals surface area contributed by atoms with Gasteiger partial charge in [-0.15, -0.1) is 0 Å². The number of aromatic nitrogens is 3. The number of benzene rings is 1. The van der Waals surface area contributed by atoms with Gasteiger partial charge in [-0.05, 0) is 62.9 Å². The van der Waals surface area contributed by atoms with Gasteiger partial charge in [-0.25, -0.2) is 4.98 Å². The lowest BCUT2D eigenvalue weighted by molar-refractivity contribution is -0.138. The third-order valence-corrected chi connectivity index (χ3v) is 6.93. The van der Waals surface area contributed by atoms with Gasteiger partial charge in [-0.3, -0.25) is 14.8 Å². The van der Waals surface area contributed by atoms with Gasteiger partial charge in [0.25, 0.3) is 0 Å². The number of alkyl halides is 3. The van der Waals surface area contributed by atoms with E-state index in [9.17, 15) is 18.0 Å². The smallest absolute Gasteiger partial charge is 0.334 e. The quantitative estimate of drug-likeness (QED) is 0.505. The van der Waals surface area contributed by atoms with Gasteiger partial charge in [0.15, 0.2) is 5.49 Å². The van der Waals surface area contributed by atoms with Gasteiger partial charge in [0.1, 0.15) is 5.82 Å². The molecule has 0 bridgehead atoms. The van der Waals surface area contributed by atoms with Gasteiger partial charge in [0.2, 0.25) is 5.91 Å². The van der Waals surface area contributed by atoms with Crippen LogP contribution in [0.2, 0.25) is 0 Å². The molecule has 0 saturated carbocycles. The number of aryl methyl sites for hydroxylation is 2. The van der Waals surface area contributed by atoms with Gasteiger partial charge in [-0.1, -0.05) is 18.2 Å². The molecule has 3 aromatic rings. The zero-order chi connectivity index (χ0) is 26.4. The van der Waals surface area contributed by atoms with Crippen LogP contribution in [0.25, 0.3) is 16.5 Å². The number of hydrogen-bond donors (Lipinski definition) is 0. The highest BCUT2D eigenvalue weighted by Crippen LogP contribution is 2.33. The number of halogens is 3. The highest BCUT2D eigenvalue weighted by molar-refractivity contribution is 5.82. The Labute approximate surface area is 208 Å². The van der Waals surface area contributed by atoms with Crippen LogP contribution in [-0.2, 0) is 24.6 Å². The first-order valence-electron chi connectivity index (χ1n) is 11.8. The van der Waals surface area contributed by atoms with Crippen LogP contribution in [0.4, 0.5) is 13.2 Å². The Kier molecular flexibility index (Phi) is 6.53. The lowest BCUT2D eigenvalue weighted by atomic mass is 9.90. The molecule has 1 aliphatic rings. The highest BCUT2D eigenvalue weighted by atomic mass is 19.4. The molecule has 0 N–H and O–H groups in total. The number of carbonyl (C=O) groups excluding carboxylic acids is 1. The van der Waals surface area contributed by atoms with Gasteiger partial charge in [0, 0.05) is 25.9 Å². The third kappa shape index (κ3) is 4.79. The van der Waals surface area contributed by atoms with E-state index in [0.29, 0.717) is 29.8 Å². The van der Waals surface area contributed by atoms with Crippen molar-refractivity contribution >= 4 is 22.4 Å². The van der Waals surface area contributed by atoms with E-state index >= 15 is 0 Å². The van der Waals surface area contributed by atoms with E-state index in [1.165, 1.54) is 13.0 Å². The average molecular weight is 498 g/mol. The van der Waals surface area contributed by atoms with Crippen molar-refractivity contribution < 1.29 is 18.0 Å². The number of pyridine rings is 1. The standard InChI is InChI=1S/C27H30F3N5O/c1-16-20(8-7-9-22(16)27(28,29)30)14-32-25-21-12-23(31-15-24(21)34(6)17(2)33-25)19-10-11-35(18(3)36)26(4,5)13-19/h7-9,12-13,15H,10-11,14H2,1-6H3. The zero-order valence-corrected chi connectivity index (χ0v) is 21.4. The van der Waals surface area contributed by atoms with E-state index in [-0.39, 0.29) is 18.0 Å². The van der Waals surface area contributed by atoms with Gasteiger partial charge in [-0.2, -0.15) is 13.2 Å². The number of hydrogen-bond acceptors (Lipinski definition) is 4. The Hall–Kier alpha value is -3.49. The molecule has 0 saturated heterocycles. The van der Waals surface area contributed by atoms with E-state index in [4.69, 9.17) is 4.98 Å². The summed E-state index contributed by atoms with van der Waals surface area (Å²) in [6, 6.07) is 6.09. The molecule has 0 atom stereocenters. The summed E-state index contributed by atoms with van der Waals surface area (Å²) in [7, 11) is 1.89. The largest absolute Gasteiger partial charge is 0.416 e. The summed E-state index contributed by atoms with van der Waals surface area (Å²) in [4.78, 5) is 27.8. The first-order chi connectivity index (χ1) is 16.8. The molecule has 4 rings (SSSR count). The van der Waals surface area contributed by atoms with Crippen LogP contribution in [0, 0.1) is 13.8 Å². The van der Waals surface area contributed by atoms with Crippen LogP contribution >= 0.6 is 0 Å². The van der Waals surface area contributed by atoms with Crippen molar-refractivity contribution in [2.75, 3.05) is 6.54 Å². The predicted molar refractivity (Wildman–Crippen MR) is 133 cm³/mol. The van der Waals surface area contributed by atoms with E-state index in [2.05, 4.69) is 16.1 Å². The molecule has 3 heterocycles. The SMILES string of the molecule is CC(=O)N1CCC(c2cc3c(=NCc4cccc(C(F)(F)F)c4C)nc(C)n(C)c3cn2)=CC1(C)C. The van der Waals surface area contributed by atoms with Crippen LogP contribution in [0.15, 0.2) is 41.5 Å². The number of carbonyl (C=O) groups is 1. The normalized spacial score (nSPS) is 16.4. The van der Waals surface area contributed by atoms with Gasteiger partial charge in [0.05, 0.1) is 35.1 Å². The number of fused-ring (bicyclic) bond motifs is 1. The minimum absolute atomic E-state index is 0.0273. The van der Waals surface area contributed by atoms with Crippen molar-refractivity contribution in [1.29, 1.82) is 0 Å². The molecule has 36 heavy (non-hydrogen) atoms. The second kappa shape index (κ2) is 9.19. The summed E-state index contributed by atoms with van der Waals surface area (Å²) < 4.78 is 42.0. The van der Waals surface area contributed by atoms with Crippen LogP contribution < -0.4 is 5.49 Å². The van der Waals surface area contributed by atoms with E-state index < -0.39 is 17.3 Å². The van der Waals surface area contributed by atoms with E-state index in [1.54, 1.807) is 19.2 Å². The summed E-state index contributed by atoms with van der Waals surface area (Å²) in [5, 5.41) is 0.769. The second-order valence-electron chi connectivity index (χ2n) is 9.78. The summed E-state index contributed by atoms with van der Waals surface area (Å²) in [6.07, 6.45) is 0.0978. The Morgan fingerprint density at radius 3 is 2.58 bits per heavy atom. The Bertz CT molecular complexity index is 1450.